The summed E-state index contributed by atoms with van der Waals surface area (Å²) in [4.78, 5) is 35.3. The van der Waals surface area contributed by atoms with Gasteiger partial charge in [0, 0.05) is 23.8 Å². The van der Waals surface area contributed by atoms with E-state index in [9.17, 15) is 9.59 Å². The van der Waals surface area contributed by atoms with Crippen LogP contribution in [0, 0.1) is 6.92 Å². The third kappa shape index (κ3) is 3.89. The highest BCUT2D eigenvalue weighted by Crippen LogP contribution is 2.41. The van der Waals surface area contributed by atoms with Crippen LogP contribution in [-0.2, 0) is 11.8 Å². The second kappa shape index (κ2) is 8.76. The van der Waals surface area contributed by atoms with Gasteiger partial charge in [-0.3, -0.25) is 14.5 Å². The fourth-order valence-electron chi connectivity index (χ4n) is 3.98. The van der Waals surface area contributed by atoms with E-state index < -0.39 is 6.04 Å². The number of aromatic amines is 1. The van der Waals surface area contributed by atoms with Crippen LogP contribution in [0.25, 0.3) is 5.57 Å². The summed E-state index contributed by atoms with van der Waals surface area (Å²) < 4.78 is 6.86. The molecule has 4 rings (SSSR count). The van der Waals surface area contributed by atoms with E-state index in [-0.39, 0.29) is 11.5 Å². The number of carbonyl (C=O) groups excluding carboxylic acids is 1. The molecule has 0 saturated carbocycles. The van der Waals surface area contributed by atoms with Crippen molar-refractivity contribution in [1.29, 1.82) is 0 Å². The fraction of sp³-hybridized carbons (Fsp3) is 0.292. The molecule has 7 nitrogen and oxygen atoms in total. The van der Waals surface area contributed by atoms with Gasteiger partial charge in [0.25, 0.3) is 11.5 Å². The molecule has 8 heteroatoms. The van der Waals surface area contributed by atoms with Gasteiger partial charge < -0.3 is 14.3 Å². The van der Waals surface area contributed by atoms with E-state index in [4.69, 9.17) is 16.3 Å². The van der Waals surface area contributed by atoms with E-state index in [1.807, 2.05) is 13.0 Å². The number of hydrogen-bond donors (Lipinski definition) is 1. The largest absolute Gasteiger partial charge is 0.377 e. The van der Waals surface area contributed by atoms with Crippen molar-refractivity contribution in [2.45, 2.75) is 26.3 Å². The van der Waals surface area contributed by atoms with Gasteiger partial charge in [-0.1, -0.05) is 36.4 Å². The van der Waals surface area contributed by atoms with E-state index in [1.165, 1.54) is 4.57 Å². The Morgan fingerprint density at radius 3 is 2.81 bits per heavy atom. The summed E-state index contributed by atoms with van der Waals surface area (Å²) in [7, 11) is 1.67. The maximum absolute atomic E-state index is 13.5. The summed E-state index contributed by atoms with van der Waals surface area (Å²) in [6.07, 6.45) is 9.68. The van der Waals surface area contributed by atoms with Crippen molar-refractivity contribution >= 4 is 28.8 Å². The molecule has 1 atom stereocenters. The molecule has 0 saturated heterocycles. The van der Waals surface area contributed by atoms with Crippen LogP contribution < -0.4 is 10.5 Å². The van der Waals surface area contributed by atoms with Gasteiger partial charge >= 0.3 is 0 Å². The molecule has 0 bridgehead atoms. The quantitative estimate of drug-likeness (QED) is 0.690. The van der Waals surface area contributed by atoms with Crippen molar-refractivity contribution in [1.82, 2.24) is 14.5 Å². The first-order valence-electron chi connectivity index (χ1n) is 10.4. The van der Waals surface area contributed by atoms with Crippen molar-refractivity contribution < 1.29 is 9.53 Å². The predicted molar refractivity (Wildman–Crippen MR) is 126 cm³/mol. The lowest BCUT2D eigenvalue weighted by molar-refractivity contribution is 0.0989. The molecule has 2 aliphatic heterocycles. The van der Waals surface area contributed by atoms with Crippen LogP contribution in [0.15, 0.2) is 58.5 Å². The number of halogens is 1. The van der Waals surface area contributed by atoms with Crippen molar-refractivity contribution in [2.75, 3.05) is 18.1 Å². The van der Waals surface area contributed by atoms with E-state index in [1.54, 1.807) is 49.4 Å². The number of nitrogens with zero attached hydrogens (tertiary/aromatic N) is 3. The van der Waals surface area contributed by atoms with Gasteiger partial charge in [0.05, 0.1) is 24.6 Å². The molecule has 2 aromatic rings. The number of H-pyrrole nitrogens is 1. The fourth-order valence-corrected chi connectivity index (χ4v) is 4.04. The van der Waals surface area contributed by atoms with Crippen LogP contribution in [0.2, 0.25) is 0 Å². The number of aryl methyl sites for hydroxylation is 2. The van der Waals surface area contributed by atoms with Crippen molar-refractivity contribution in [3.8, 4) is 0 Å². The first-order valence-corrected chi connectivity index (χ1v) is 10.8. The second-order valence-electron chi connectivity index (χ2n) is 7.86. The zero-order valence-electron chi connectivity index (χ0n) is 18.3. The standard InChI is InChI=1S/C24H25ClN4O3/c1-5-17(25)7-6-14(2)21-19-20(27-22(26-19)16-8-10-32-11-9-16)24(31)29(21)18-12-15(3)23(30)28(4)13-18/h5-8,12-13,21H,2,9-11H2,1,3-4H3,(H,26,27)/b7-6-,17-5+/t21-/m1/s1. The maximum atomic E-state index is 13.5. The van der Waals surface area contributed by atoms with Crippen LogP contribution in [0.1, 0.15) is 47.0 Å². The number of nitrogens with one attached hydrogen (secondary N) is 1. The normalized spacial score (nSPS) is 18.9. The molecule has 1 N–H and O–H groups in total. The summed E-state index contributed by atoms with van der Waals surface area (Å²) in [6, 6.07) is 1.21. The van der Waals surface area contributed by atoms with E-state index in [0.717, 1.165) is 12.0 Å². The molecule has 0 spiro atoms. The van der Waals surface area contributed by atoms with Crippen LogP contribution in [0.5, 0.6) is 0 Å². The average Bonchev–Trinajstić information content (AvgIpc) is 3.34. The molecule has 0 unspecified atom stereocenters. The predicted octanol–water partition coefficient (Wildman–Crippen LogP) is 4.18. The van der Waals surface area contributed by atoms with Gasteiger partial charge in [0.1, 0.15) is 11.9 Å². The Kier molecular flexibility index (Phi) is 6.04. The average molecular weight is 453 g/mol. The monoisotopic (exact) mass is 452 g/mol. The Bertz CT molecular complexity index is 1220. The van der Waals surface area contributed by atoms with Gasteiger partial charge in [-0.25, -0.2) is 4.98 Å². The third-order valence-electron chi connectivity index (χ3n) is 5.66. The molecule has 0 radical (unpaired) electrons. The molecule has 0 fully saturated rings. The van der Waals surface area contributed by atoms with Crippen LogP contribution in [-0.4, -0.2) is 33.7 Å². The number of pyridine rings is 1. The molecule has 2 aromatic heterocycles. The zero-order chi connectivity index (χ0) is 23.0. The summed E-state index contributed by atoms with van der Waals surface area (Å²) in [5.74, 6) is 0.432. The summed E-state index contributed by atoms with van der Waals surface area (Å²) in [5.41, 5.74) is 3.77. The van der Waals surface area contributed by atoms with Gasteiger partial charge in [0.2, 0.25) is 0 Å². The van der Waals surface area contributed by atoms with Gasteiger partial charge in [-0.15, -0.1) is 0 Å². The number of fused-ring (bicyclic) bond motifs is 1. The van der Waals surface area contributed by atoms with Crippen LogP contribution in [0.3, 0.4) is 0 Å². The SMILES string of the molecule is C=C(/C=C\C(Cl)=C/C)[C@@H]1c2[nH]c(C3=CCOCC3)nc2C(=O)N1c1cc(C)c(=O)n(C)c1. The Hall–Kier alpha value is -3.16. The van der Waals surface area contributed by atoms with Gasteiger partial charge in [0.15, 0.2) is 5.69 Å². The Morgan fingerprint density at radius 1 is 1.38 bits per heavy atom. The molecule has 0 aromatic carbocycles. The number of rotatable bonds is 5. The Morgan fingerprint density at radius 2 is 2.16 bits per heavy atom. The molecule has 2 aliphatic rings. The highest BCUT2D eigenvalue weighted by atomic mass is 35.5. The third-order valence-corrected chi connectivity index (χ3v) is 6.01. The lowest BCUT2D eigenvalue weighted by atomic mass is 10.0. The minimum Gasteiger partial charge on any atom is -0.377 e. The Balaban J connectivity index is 1.82. The van der Waals surface area contributed by atoms with Crippen molar-refractivity contribution in [3.63, 3.8) is 0 Å². The molecule has 166 valence electrons. The molecule has 0 aliphatic carbocycles. The molecule has 32 heavy (non-hydrogen) atoms. The first kappa shape index (κ1) is 22.0. The lowest BCUT2D eigenvalue weighted by Crippen LogP contribution is -2.31. The number of allylic oxidation sites excluding steroid dienone is 3. The van der Waals surface area contributed by atoms with Crippen molar-refractivity contribution in [3.05, 3.63) is 86.9 Å². The topological polar surface area (TPSA) is 80.2 Å². The smallest absolute Gasteiger partial charge is 0.279 e. The highest BCUT2D eigenvalue weighted by Gasteiger charge is 2.42. The molecule has 1 amide bonds. The number of anilines is 1. The van der Waals surface area contributed by atoms with Gasteiger partial charge in [-0.05, 0) is 43.6 Å². The maximum Gasteiger partial charge on any atom is 0.279 e. The number of amides is 1. The first-order chi connectivity index (χ1) is 15.3. The summed E-state index contributed by atoms with van der Waals surface area (Å²) >= 11 is 6.14. The van der Waals surface area contributed by atoms with E-state index >= 15 is 0 Å². The Labute approximate surface area is 191 Å². The van der Waals surface area contributed by atoms with E-state index in [2.05, 4.69) is 16.5 Å². The lowest BCUT2D eigenvalue weighted by Gasteiger charge is -2.26. The minimum absolute atomic E-state index is 0.110. The summed E-state index contributed by atoms with van der Waals surface area (Å²) in [6.45, 7) is 8.94. The van der Waals surface area contributed by atoms with Crippen LogP contribution >= 0.6 is 11.6 Å². The minimum atomic E-state index is -0.506. The number of carbonyl (C=O) groups is 1. The van der Waals surface area contributed by atoms with Crippen LogP contribution in [0.4, 0.5) is 5.69 Å². The highest BCUT2D eigenvalue weighted by molar-refractivity contribution is 6.31. The number of hydrogen-bond acceptors (Lipinski definition) is 4. The number of aromatic nitrogens is 3. The van der Waals surface area contributed by atoms with Crippen molar-refractivity contribution in [2.24, 2.45) is 7.05 Å². The molecular weight excluding hydrogens is 428 g/mol. The molecular formula is C24H25ClN4O3. The number of imidazole rings is 1. The summed E-state index contributed by atoms with van der Waals surface area (Å²) in [5, 5.41) is 0.567. The van der Waals surface area contributed by atoms with E-state index in [0.29, 0.717) is 52.3 Å². The molecule has 4 heterocycles. The second-order valence-corrected chi connectivity index (χ2v) is 8.30. The number of ether oxygens (including phenoxy) is 1. The van der Waals surface area contributed by atoms with Gasteiger partial charge in [-0.2, -0.15) is 0 Å². The zero-order valence-corrected chi connectivity index (χ0v) is 19.1.